The number of nitrogens with one attached hydrogen (secondary N) is 1. The lowest BCUT2D eigenvalue weighted by atomic mass is 10.0. The molecule has 0 rings (SSSR count). The Bertz CT molecular complexity index is 1630. The fourth-order valence-corrected chi connectivity index (χ4v) is 13.2. The Morgan fingerprint density at radius 3 is 0.956 bits per heavy atom. The summed E-state index contributed by atoms with van der Waals surface area (Å²) in [7, 11) is 1.26. The van der Waals surface area contributed by atoms with Gasteiger partial charge in [-0.25, -0.2) is 0 Å². The number of phosphoric ester groups is 1. The number of hydrogen-bond acceptors (Lipinski definition) is 6. The minimum absolute atomic E-state index is 0.00440. The topological polar surface area (TPSA) is 108 Å². The molecule has 9 heteroatoms. The molecule has 0 spiro atoms. The van der Waals surface area contributed by atoms with Gasteiger partial charge in [-0.2, -0.15) is 0 Å². The van der Waals surface area contributed by atoms with E-state index < -0.39 is 20.0 Å². The molecular formula is C82H159N2O6P. The molecule has 538 valence electrons. The summed E-state index contributed by atoms with van der Waals surface area (Å²) in [6.45, 7) is 4.68. The summed E-state index contributed by atoms with van der Waals surface area (Å²) in [6, 6.07) is -0.904. The van der Waals surface area contributed by atoms with E-state index in [0.29, 0.717) is 17.4 Å². The van der Waals surface area contributed by atoms with Crippen LogP contribution in [0, 0.1) is 0 Å². The van der Waals surface area contributed by atoms with Crippen LogP contribution in [0.4, 0.5) is 0 Å². The molecule has 0 aromatic rings. The first-order chi connectivity index (χ1) is 44.5. The maximum absolute atomic E-state index is 13.1. The summed E-state index contributed by atoms with van der Waals surface area (Å²) in [5.41, 5.74) is 0. The van der Waals surface area contributed by atoms with E-state index in [9.17, 15) is 19.4 Å². The van der Waals surface area contributed by atoms with E-state index in [-0.39, 0.29) is 19.1 Å². The fourth-order valence-electron chi connectivity index (χ4n) is 12.5. The van der Waals surface area contributed by atoms with Crippen LogP contribution in [0.1, 0.15) is 418 Å². The fraction of sp³-hybridized carbons (Fsp3) is 0.890. The molecule has 3 atom stereocenters. The van der Waals surface area contributed by atoms with Crippen molar-refractivity contribution in [2.45, 2.75) is 431 Å². The number of nitrogens with zero attached hydrogens (tertiary/aromatic N) is 1. The van der Waals surface area contributed by atoms with Crippen LogP contribution in [0.2, 0.25) is 0 Å². The molecule has 0 saturated heterocycles. The normalized spacial score (nSPS) is 13.7. The number of quaternary nitrogens is 1. The van der Waals surface area contributed by atoms with E-state index in [2.05, 4.69) is 55.6 Å². The van der Waals surface area contributed by atoms with Crippen LogP contribution in [-0.2, 0) is 18.4 Å². The second-order valence-electron chi connectivity index (χ2n) is 29.1. The minimum atomic E-state index is -4.61. The molecule has 0 aliphatic carbocycles. The van der Waals surface area contributed by atoms with Gasteiger partial charge in [-0.05, 0) is 64.2 Å². The zero-order chi connectivity index (χ0) is 66.2. The van der Waals surface area contributed by atoms with E-state index in [1.54, 1.807) is 6.08 Å². The van der Waals surface area contributed by atoms with Gasteiger partial charge in [0.25, 0.3) is 7.82 Å². The predicted molar refractivity (Wildman–Crippen MR) is 399 cm³/mol. The number of amides is 1. The molecule has 0 aliphatic heterocycles. The molecule has 91 heavy (non-hydrogen) atoms. The number of hydrogen-bond donors (Lipinski definition) is 2. The number of unbranched alkanes of at least 4 members (excludes halogenated alkanes) is 57. The second kappa shape index (κ2) is 72.7. The van der Waals surface area contributed by atoms with Gasteiger partial charge in [-0.3, -0.25) is 9.36 Å². The summed E-state index contributed by atoms with van der Waals surface area (Å²) in [6.07, 6.45) is 100. The maximum atomic E-state index is 13.1. The van der Waals surface area contributed by atoms with Crippen molar-refractivity contribution in [3.05, 3.63) is 48.6 Å². The summed E-state index contributed by atoms with van der Waals surface area (Å²) in [5.74, 6) is -0.198. The predicted octanol–water partition coefficient (Wildman–Crippen LogP) is 25.9. The molecule has 0 saturated carbocycles. The van der Waals surface area contributed by atoms with Gasteiger partial charge >= 0.3 is 0 Å². The summed E-state index contributed by atoms with van der Waals surface area (Å²) >= 11 is 0. The molecule has 0 bridgehead atoms. The van der Waals surface area contributed by atoms with Crippen molar-refractivity contribution in [2.24, 2.45) is 0 Å². The smallest absolute Gasteiger partial charge is 0.268 e. The SMILES string of the molecule is CCCCCCC/C=C\C/C=C\CCCCCCCCCCCCCCCCCCCCCCCCCCCCCCCC(=O)NC(COP(=O)([O-])OCC[N+](C)(C)C)C(O)/C=C/CC/C=C/CCCCCCCCCCCCCCCCCCCCCCCC. The maximum Gasteiger partial charge on any atom is 0.268 e. The molecule has 0 heterocycles. The van der Waals surface area contributed by atoms with E-state index in [0.717, 1.165) is 44.9 Å². The van der Waals surface area contributed by atoms with Crippen LogP contribution in [0.25, 0.3) is 0 Å². The average Bonchev–Trinajstić information content (AvgIpc) is 3.59. The lowest BCUT2D eigenvalue weighted by Crippen LogP contribution is -2.45. The highest BCUT2D eigenvalue weighted by Crippen LogP contribution is 2.38. The Hall–Kier alpha value is -1.54. The quantitative estimate of drug-likeness (QED) is 0.0272. The zero-order valence-corrected chi connectivity index (χ0v) is 62.7. The molecule has 0 aromatic heterocycles. The van der Waals surface area contributed by atoms with Gasteiger partial charge in [0.15, 0.2) is 0 Å². The number of allylic oxidation sites excluding steroid dienone is 7. The molecular weight excluding hydrogens is 1140 g/mol. The Balaban J connectivity index is 3.93. The van der Waals surface area contributed by atoms with Crippen molar-refractivity contribution in [2.75, 3.05) is 40.9 Å². The monoisotopic (exact) mass is 1300 g/mol. The van der Waals surface area contributed by atoms with Crippen LogP contribution in [-0.4, -0.2) is 68.5 Å². The molecule has 1 amide bonds. The van der Waals surface area contributed by atoms with Crippen LogP contribution >= 0.6 is 7.82 Å². The Morgan fingerprint density at radius 2 is 0.648 bits per heavy atom. The number of phosphoric acid groups is 1. The average molecular weight is 1300 g/mol. The van der Waals surface area contributed by atoms with Crippen molar-refractivity contribution >= 4 is 13.7 Å². The molecule has 0 radical (unpaired) electrons. The summed E-state index contributed by atoms with van der Waals surface area (Å²) in [5, 5.41) is 14.0. The third kappa shape index (κ3) is 75.7. The minimum Gasteiger partial charge on any atom is -0.756 e. The van der Waals surface area contributed by atoms with Crippen molar-refractivity contribution in [3.8, 4) is 0 Å². The number of aliphatic hydroxyl groups excluding tert-OH is 1. The van der Waals surface area contributed by atoms with Gasteiger partial charge in [0.05, 0.1) is 39.9 Å². The van der Waals surface area contributed by atoms with Gasteiger partial charge in [0, 0.05) is 6.42 Å². The number of carbonyl (C=O) groups excluding carboxylic acids is 1. The van der Waals surface area contributed by atoms with Crippen molar-refractivity contribution in [1.82, 2.24) is 5.32 Å². The van der Waals surface area contributed by atoms with Gasteiger partial charge in [-0.1, -0.05) is 396 Å². The largest absolute Gasteiger partial charge is 0.756 e. The van der Waals surface area contributed by atoms with Crippen LogP contribution in [0.3, 0.4) is 0 Å². The number of rotatable bonds is 76. The number of likely N-dealkylation sites (N-methyl/N-ethyl adjacent to an activating group) is 1. The Kier molecular flexibility index (Phi) is 71.5. The highest BCUT2D eigenvalue weighted by Gasteiger charge is 2.23. The standard InChI is InChI=1S/C82H159N2O6P/c1-6-8-10-12-14-16-18-20-22-24-26-28-30-32-34-36-37-38-39-40-41-42-43-44-45-46-47-48-50-52-54-56-58-60-62-64-66-68-70-72-74-76-82(86)83-80(79-90-91(87,88)89-78-77-84(3,4)5)81(85)75-73-71-69-67-65-63-61-59-57-55-53-51-49-35-33-31-29-27-25-23-21-19-17-15-13-11-9-7-2/h18,20,24,26,65,67,73,75,80-81,85H,6-17,19,21-23,25,27-64,66,68-72,74,76-79H2,1-5H3,(H-,83,86,87,88)/b20-18-,26-24-,67-65+,75-73+. The van der Waals surface area contributed by atoms with Gasteiger partial charge in [0.1, 0.15) is 13.2 Å². The first-order valence-corrected chi connectivity index (χ1v) is 42.0. The van der Waals surface area contributed by atoms with E-state index in [1.807, 2.05) is 27.2 Å². The van der Waals surface area contributed by atoms with E-state index in [1.165, 1.54) is 353 Å². The van der Waals surface area contributed by atoms with Crippen LogP contribution < -0.4 is 10.2 Å². The molecule has 3 unspecified atom stereocenters. The Morgan fingerprint density at radius 1 is 0.385 bits per heavy atom. The third-order valence-corrected chi connectivity index (χ3v) is 19.7. The van der Waals surface area contributed by atoms with E-state index in [4.69, 9.17) is 9.05 Å². The van der Waals surface area contributed by atoms with Crippen LogP contribution in [0.15, 0.2) is 48.6 Å². The number of aliphatic hydroxyl groups is 1. The molecule has 0 aliphatic rings. The van der Waals surface area contributed by atoms with Crippen molar-refractivity contribution in [1.29, 1.82) is 0 Å². The lowest BCUT2D eigenvalue weighted by molar-refractivity contribution is -0.870. The highest BCUT2D eigenvalue weighted by atomic mass is 31.2. The first-order valence-electron chi connectivity index (χ1n) is 40.5. The van der Waals surface area contributed by atoms with Gasteiger partial charge < -0.3 is 28.8 Å². The lowest BCUT2D eigenvalue weighted by Gasteiger charge is -2.29. The summed E-state index contributed by atoms with van der Waals surface area (Å²) < 4.78 is 23.5. The zero-order valence-electron chi connectivity index (χ0n) is 61.8. The van der Waals surface area contributed by atoms with Crippen molar-refractivity contribution in [3.63, 3.8) is 0 Å². The molecule has 2 N–H and O–H groups in total. The van der Waals surface area contributed by atoms with Crippen molar-refractivity contribution < 1.29 is 32.9 Å². The molecule has 8 nitrogen and oxygen atoms in total. The highest BCUT2D eigenvalue weighted by molar-refractivity contribution is 7.45. The van der Waals surface area contributed by atoms with Gasteiger partial charge in [-0.15, -0.1) is 0 Å². The third-order valence-electron chi connectivity index (χ3n) is 18.8. The second-order valence-corrected chi connectivity index (χ2v) is 30.5. The molecule has 0 fully saturated rings. The number of carbonyl (C=O) groups is 1. The van der Waals surface area contributed by atoms with Crippen LogP contribution in [0.5, 0.6) is 0 Å². The van der Waals surface area contributed by atoms with Gasteiger partial charge in [0.2, 0.25) is 5.91 Å². The first kappa shape index (κ1) is 89.5. The Labute approximate surface area is 569 Å². The molecule has 0 aromatic carbocycles. The summed E-state index contributed by atoms with van der Waals surface area (Å²) in [4.78, 5) is 25.7. The van der Waals surface area contributed by atoms with E-state index >= 15 is 0 Å².